The average molecular weight is 249 g/mol. The van der Waals surface area contributed by atoms with E-state index >= 15 is 0 Å². The van der Waals surface area contributed by atoms with Gasteiger partial charge < -0.3 is 10.2 Å². The number of amides is 1. The van der Waals surface area contributed by atoms with Crippen molar-refractivity contribution in [1.82, 2.24) is 10.2 Å². The van der Waals surface area contributed by atoms with Crippen LogP contribution in [0.5, 0.6) is 0 Å². The van der Waals surface area contributed by atoms with Crippen LogP contribution >= 0.6 is 11.3 Å². The lowest BCUT2D eigenvalue weighted by Gasteiger charge is -2.30. The molecule has 1 atom stereocenters. The summed E-state index contributed by atoms with van der Waals surface area (Å²) in [5.74, 6) is 0.228. The second-order valence-corrected chi connectivity index (χ2v) is 5.44. The van der Waals surface area contributed by atoms with E-state index < -0.39 is 0 Å². The highest BCUT2D eigenvalue weighted by atomic mass is 32.1. The van der Waals surface area contributed by atoms with Crippen LogP contribution in [0.15, 0.2) is 12.1 Å². The minimum Gasteiger partial charge on any atom is -0.344 e. The van der Waals surface area contributed by atoms with Crippen molar-refractivity contribution in [3.05, 3.63) is 21.9 Å². The largest absolute Gasteiger partial charge is 0.344 e. The predicted molar refractivity (Wildman–Crippen MR) is 66.5 cm³/mol. The Hall–Kier alpha value is -1.38. The zero-order chi connectivity index (χ0) is 12.3. The number of nitrogens with one attached hydrogen (secondary N) is 1. The van der Waals surface area contributed by atoms with Crippen molar-refractivity contribution in [2.75, 3.05) is 13.6 Å². The van der Waals surface area contributed by atoms with Gasteiger partial charge in [-0.2, -0.15) is 5.26 Å². The third kappa shape index (κ3) is 3.05. The summed E-state index contributed by atoms with van der Waals surface area (Å²) in [6.45, 7) is 1.55. The van der Waals surface area contributed by atoms with Gasteiger partial charge in [0.1, 0.15) is 10.9 Å². The molecule has 1 aromatic rings. The summed E-state index contributed by atoms with van der Waals surface area (Å²) in [7, 11) is 1.84. The monoisotopic (exact) mass is 249 g/mol. The number of nitrogens with zero attached hydrogens (tertiary/aromatic N) is 2. The van der Waals surface area contributed by atoms with E-state index in [4.69, 9.17) is 5.26 Å². The zero-order valence-corrected chi connectivity index (χ0v) is 10.6. The second kappa shape index (κ2) is 5.30. The molecule has 1 amide bonds. The molecule has 0 spiro atoms. The smallest absolute Gasteiger partial charge is 0.222 e. The highest BCUT2D eigenvalue weighted by Crippen LogP contribution is 2.16. The molecule has 0 saturated carbocycles. The van der Waals surface area contributed by atoms with Gasteiger partial charge in [-0.05, 0) is 18.6 Å². The molecular formula is C12H15N3OS. The Balaban J connectivity index is 1.82. The van der Waals surface area contributed by atoms with E-state index in [0.29, 0.717) is 12.5 Å². The second-order valence-electron chi connectivity index (χ2n) is 4.27. The van der Waals surface area contributed by atoms with E-state index in [0.717, 1.165) is 24.4 Å². The van der Waals surface area contributed by atoms with Crippen LogP contribution < -0.4 is 5.32 Å². The first kappa shape index (κ1) is 12.1. The van der Waals surface area contributed by atoms with Gasteiger partial charge in [-0.1, -0.05) is 0 Å². The van der Waals surface area contributed by atoms with Crippen LogP contribution in [0.4, 0.5) is 0 Å². The third-order valence-corrected chi connectivity index (χ3v) is 3.95. The maximum Gasteiger partial charge on any atom is 0.222 e. The quantitative estimate of drug-likeness (QED) is 0.879. The number of likely N-dealkylation sites (tertiary alicyclic amines) is 1. The van der Waals surface area contributed by atoms with Crippen molar-refractivity contribution in [1.29, 1.82) is 5.26 Å². The fourth-order valence-corrected chi connectivity index (χ4v) is 2.71. The summed E-state index contributed by atoms with van der Waals surface area (Å²) in [4.78, 5) is 15.0. The van der Waals surface area contributed by atoms with Crippen molar-refractivity contribution in [2.45, 2.75) is 25.4 Å². The van der Waals surface area contributed by atoms with Gasteiger partial charge in [-0.3, -0.25) is 4.79 Å². The predicted octanol–water partition coefficient (Wildman–Crippen LogP) is 1.33. The van der Waals surface area contributed by atoms with E-state index in [1.165, 1.54) is 16.2 Å². The number of hydrogen-bond acceptors (Lipinski definition) is 4. The normalized spacial score (nSPS) is 20.4. The van der Waals surface area contributed by atoms with Gasteiger partial charge in [0.25, 0.3) is 0 Å². The van der Waals surface area contributed by atoms with Crippen LogP contribution in [0.3, 0.4) is 0 Å². The summed E-state index contributed by atoms with van der Waals surface area (Å²) in [6, 6.07) is 6.33. The lowest BCUT2D eigenvalue weighted by molar-refractivity contribution is -0.132. The molecule has 0 aliphatic carbocycles. The Morgan fingerprint density at radius 1 is 1.65 bits per heavy atom. The highest BCUT2D eigenvalue weighted by molar-refractivity contribution is 7.12. The number of nitriles is 1. The van der Waals surface area contributed by atoms with Gasteiger partial charge in [-0.25, -0.2) is 0 Å². The van der Waals surface area contributed by atoms with Gasteiger partial charge in [-0.15, -0.1) is 11.3 Å². The first-order valence-corrected chi connectivity index (χ1v) is 6.47. The minimum absolute atomic E-state index is 0.228. The van der Waals surface area contributed by atoms with Crippen LogP contribution in [0.25, 0.3) is 0 Å². The lowest BCUT2D eigenvalue weighted by Crippen LogP contribution is -2.46. The molecule has 1 aliphatic rings. The van der Waals surface area contributed by atoms with Gasteiger partial charge in [0.2, 0.25) is 5.91 Å². The summed E-state index contributed by atoms with van der Waals surface area (Å²) in [5, 5.41) is 12.2. The molecule has 1 unspecified atom stereocenters. The first-order chi connectivity index (χ1) is 8.19. The molecule has 90 valence electrons. The summed E-state index contributed by atoms with van der Waals surface area (Å²) < 4.78 is 0. The molecule has 1 N–H and O–H groups in total. The number of rotatable bonds is 3. The van der Waals surface area contributed by atoms with Gasteiger partial charge >= 0.3 is 0 Å². The summed E-state index contributed by atoms with van der Waals surface area (Å²) in [6.07, 6.45) is 1.53. The van der Waals surface area contributed by atoms with Crippen molar-refractivity contribution < 1.29 is 4.79 Å². The molecular weight excluding hydrogens is 234 g/mol. The van der Waals surface area contributed by atoms with Crippen molar-refractivity contribution in [3.8, 4) is 6.07 Å². The standard InChI is InChI=1S/C12H15N3OS/c1-15-8-9(2-5-12(15)16)14-7-11-4-3-10(6-13)17-11/h3-4,9,14H,2,5,7-8H2,1H3. The van der Waals surface area contributed by atoms with E-state index in [1.807, 2.05) is 19.2 Å². The maximum atomic E-state index is 11.3. The molecule has 0 radical (unpaired) electrons. The topological polar surface area (TPSA) is 56.1 Å². The van der Waals surface area contributed by atoms with Crippen molar-refractivity contribution in [2.24, 2.45) is 0 Å². The van der Waals surface area contributed by atoms with E-state index in [-0.39, 0.29) is 5.91 Å². The third-order valence-electron chi connectivity index (χ3n) is 2.96. The van der Waals surface area contributed by atoms with Crippen LogP contribution in [0, 0.1) is 11.3 Å². The molecule has 2 heterocycles. The molecule has 1 aliphatic heterocycles. The summed E-state index contributed by atoms with van der Waals surface area (Å²) >= 11 is 1.52. The fourth-order valence-electron chi connectivity index (χ4n) is 1.96. The molecule has 1 aromatic heterocycles. The Kier molecular flexibility index (Phi) is 3.77. The van der Waals surface area contributed by atoms with Crippen LogP contribution in [-0.2, 0) is 11.3 Å². The first-order valence-electron chi connectivity index (χ1n) is 5.65. The number of carbonyl (C=O) groups is 1. The zero-order valence-electron chi connectivity index (χ0n) is 9.77. The van der Waals surface area contributed by atoms with Crippen LogP contribution in [0.1, 0.15) is 22.6 Å². The van der Waals surface area contributed by atoms with Crippen molar-refractivity contribution in [3.63, 3.8) is 0 Å². The number of thiophene rings is 1. The lowest BCUT2D eigenvalue weighted by atomic mass is 10.1. The molecule has 1 fully saturated rings. The number of piperidine rings is 1. The number of carbonyl (C=O) groups excluding carboxylic acids is 1. The van der Waals surface area contributed by atoms with Gasteiger partial charge in [0.05, 0.1) is 0 Å². The Morgan fingerprint density at radius 3 is 3.12 bits per heavy atom. The molecule has 4 nitrogen and oxygen atoms in total. The fraction of sp³-hybridized carbons (Fsp3) is 0.500. The van der Waals surface area contributed by atoms with Crippen LogP contribution in [-0.4, -0.2) is 30.4 Å². The number of hydrogen-bond donors (Lipinski definition) is 1. The number of likely N-dealkylation sites (N-methyl/N-ethyl adjacent to an activating group) is 1. The van der Waals surface area contributed by atoms with E-state index in [9.17, 15) is 4.79 Å². The maximum absolute atomic E-state index is 11.3. The SMILES string of the molecule is CN1CC(NCc2ccc(C#N)s2)CCC1=O. The van der Waals surface area contributed by atoms with E-state index in [1.54, 1.807) is 4.90 Å². The Morgan fingerprint density at radius 2 is 2.47 bits per heavy atom. The molecule has 2 rings (SSSR count). The van der Waals surface area contributed by atoms with Crippen molar-refractivity contribution >= 4 is 17.2 Å². The highest BCUT2D eigenvalue weighted by Gasteiger charge is 2.22. The van der Waals surface area contributed by atoms with Crippen LogP contribution in [0.2, 0.25) is 0 Å². The Bertz CT molecular complexity index is 449. The van der Waals surface area contributed by atoms with E-state index in [2.05, 4.69) is 11.4 Å². The molecule has 17 heavy (non-hydrogen) atoms. The van der Waals surface area contributed by atoms with Gasteiger partial charge in [0, 0.05) is 37.5 Å². The molecule has 0 bridgehead atoms. The average Bonchev–Trinajstić information content (AvgIpc) is 2.79. The minimum atomic E-state index is 0.228. The van der Waals surface area contributed by atoms with Gasteiger partial charge in [0.15, 0.2) is 0 Å². The Labute approximate surface area is 105 Å². The molecule has 5 heteroatoms. The molecule has 1 saturated heterocycles. The molecule has 0 aromatic carbocycles. The summed E-state index contributed by atoms with van der Waals surface area (Å²) in [5.41, 5.74) is 0.